The summed E-state index contributed by atoms with van der Waals surface area (Å²) in [6.45, 7) is 7.91. The van der Waals surface area contributed by atoms with E-state index in [0.29, 0.717) is 13.3 Å². The van der Waals surface area contributed by atoms with E-state index in [2.05, 4.69) is 40.5 Å². The molecule has 1 aromatic carbocycles. The van der Waals surface area contributed by atoms with Gasteiger partial charge in [-0.1, -0.05) is 12.1 Å². The first-order valence-corrected chi connectivity index (χ1v) is 11.9. The minimum atomic E-state index is 0.244. The van der Waals surface area contributed by atoms with Crippen molar-refractivity contribution in [3.05, 3.63) is 34.6 Å². The second kappa shape index (κ2) is 10.6. The Morgan fingerprint density at radius 3 is 2.81 bits per heavy atom. The van der Waals surface area contributed by atoms with Gasteiger partial charge in [-0.25, -0.2) is 4.68 Å². The van der Waals surface area contributed by atoms with Crippen LogP contribution in [0.25, 0.3) is 0 Å². The first-order chi connectivity index (χ1) is 15.1. The molecule has 1 aromatic heterocycles. The van der Waals surface area contributed by atoms with Gasteiger partial charge in [-0.15, -0.1) is 5.10 Å². The molecule has 2 fully saturated rings. The molecule has 2 saturated heterocycles. The first-order valence-electron chi connectivity index (χ1n) is 11.5. The molecule has 31 heavy (non-hydrogen) atoms. The summed E-state index contributed by atoms with van der Waals surface area (Å²) in [5, 5.41) is 4.96. The standard InChI is InChI=1S/C23H35N5O2S/c1-19-8-6-9-20(16-19)30-15-13-25(2)18-28-23(31)27(17-21-10-7-14-29-21)22(24-28)26-11-4-3-5-12-26/h6,8-9,16,21H,3-5,7,10-15,17-18H2,1-2H3. The van der Waals surface area contributed by atoms with Gasteiger partial charge in [0.2, 0.25) is 10.7 Å². The van der Waals surface area contributed by atoms with Gasteiger partial charge < -0.3 is 14.4 Å². The van der Waals surface area contributed by atoms with Crippen molar-refractivity contribution in [3.8, 4) is 5.75 Å². The summed E-state index contributed by atoms with van der Waals surface area (Å²) in [4.78, 5) is 4.60. The lowest BCUT2D eigenvalue weighted by Crippen LogP contribution is -2.33. The number of nitrogens with zero attached hydrogens (tertiary/aromatic N) is 5. The summed E-state index contributed by atoms with van der Waals surface area (Å²) >= 11 is 5.86. The van der Waals surface area contributed by atoms with Crippen molar-refractivity contribution in [1.29, 1.82) is 0 Å². The predicted molar refractivity (Wildman–Crippen MR) is 125 cm³/mol. The number of hydrogen-bond donors (Lipinski definition) is 0. The number of piperidine rings is 1. The van der Waals surface area contributed by atoms with Crippen LogP contribution in [-0.2, 0) is 18.0 Å². The zero-order chi connectivity index (χ0) is 21.6. The van der Waals surface area contributed by atoms with Crippen molar-refractivity contribution in [2.24, 2.45) is 0 Å². The lowest BCUT2D eigenvalue weighted by molar-refractivity contribution is 0.0965. The lowest BCUT2D eigenvalue weighted by atomic mass is 10.1. The highest BCUT2D eigenvalue weighted by Crippen LogP contribution is 2.22. The van der Waals surface area contributed by atoms with Crippen LogP contribution in [0, 0.1) is 11.7 Å². The number of likely N-dealkylation sites (N-methyl/N-ethyl adjacent to an activating group) is 1. The van der Waals surface area contributed by atoms with Crippen LogP contribution >= 0.6 is 12.2 Å². The second-order valence-corrected chi connectivity index (χ2v) is 9.13. The summed E-state index contributed by atoms with van der Waals surface area (Å²) in [6, 6.07) is 8.17. The molecule has 0 radical (unpaired) electrons. The SMILES string of the molecule is Cc1cccc(OCCN(C)Cn2nc(N3CCCCC3)n(CC3CCCO3)c2=S)c1. The highest BCUT2D eigenvalue weighted by molar-refractivity contribution is 7.71. The van der Waals surface area contributed by atoms with Gasteiger partial charge in [0.1, 0.15) is 12.4 Å². The number of aromatic nitrogens is 3. The minimum absolute atomic E-state index is 0.244. The molecule has 1 unspecified atom stereocenters. The molecule has 0 saturated carbocycles. The molecule has 0 aliphatic carbocycles. The number of anilines is 1. The second-order valence-electron chi connectivity index (χ2n) is 8.76. The zero-order valence-corrected chi connectivity index (χ0v) is 19.6. The fraction of sp³-hybridized carbons (Fsp3) is 0.652. The highest BCUT2D eigenvalue weighted by atomic mass is 32.1. The summed E-state index contributed by atoms with van der Waals surface area (Å²) < 4.78 is 16.8. The van der Waals surface area contributed by atoms with Crippen LogP contribution in [0.5, 0.6) is 5.75 Å². The van der Waals surface area contributed by atoms with Gasteiger partial charge in [0.05, 0.1) is 19.3 Å². The zero-order valence-electron chi connectivity index (χ0n) is 18.8. The molecular weight excluding hydrogens is 410 g/mol. The van der Waals surface area contributed by atoms with Crippen LogP contribution in [0.15, 0.2) is 24.3 Å². The van der Waals surface area contributed by atoms with Crippen LogP contribution in [-0.4, -0.2) is 65.2 Å². The Bertz CT molecular complexity index is 900. The maximum Gasteiger partial charge on any atom is 0.226 e. The average Bonchev–Trinajstić information content (AvgIpc) is 3.38. The summed E-state index contributed by atoms with van der Waals surface area (Å²) in [5.41, 5.74) is 1.21. The van der Waals surface area contributed by atoms with Gasteiger partial charge in [0.25, 0.3) is 0 Å². The van der Waals surface area contributed by atoms with Crippen molar-refractivity contribution in [2.75, 3.05) is 44.8 Å². The molecule has 2 aliphatic rings. The monoisotopic (exact) mass is 445 g/mol. The smallest absolute Gasteiger partial charge is 0.226 e. The van der Waals surface area contributed by atoms with E-state index in [1.54, 1.807) is 0 Å². The number of ether oxygens (including phenoxy) is 2. The number of rotatable bonds is 9. The summed E-state index contributed by atoms with van der Waals surface area (Å²) in [5.74, 6) is 1.92. The Morgan fingerprint density at radius 2 is 2.06 bits per heavy atom. The summed E-state index contributed by atoms with van der Waals surface area (Å²) in [6.07, 6.45) is 6.21. The quantitative estimate of drug-likeness (QED) is 0.546. The minimum Gasteiger partial charge on any atom is -0.492 e. The fourth-order valence-electron chi connectivity index (χ4n) is 4.33. The maximum atomic E-state index is 5.91. The topological polar surface area (TPSA) is 47.7 Å². The van der Waals surface area contributed by atoms with Crippen LogP contribution in [0.1, 0.15) is 37.7 Å². The summed E-state index contributed by atoms with van der Waals surface area (Å²) in [7, 11) is 2.08. The molecule has 4 rings (SSSR count). The fourth-order valence-corrected chi connectivity index (χ4v) is 4.58. The third-order valence-electron chi connectivity index (χ3n) is 6.06. The van der Waals surface area contributed by atoms with E-state index in [0.717, 1.165) is 62.1 Å². The van der Waals surface area contributed by atoms with E-state index in [4.69, 9.17) is 26.8 Å². The van der Waals surface area contributed by atoms with Gasteiger partial charge in [0.15, 0.2) is 0 Å². The molecule has 2 aliphatic heterocycles. The highest BCUT2D eigenvalue weighted by Gasteiger charge is 2.24. The van der Waals surface area contributed by atoms with Crippen molar-refractivity contribution in [1.82, 2.24) is 19.2 Å². The Morgan fingerprint density at radius 1 is 1.23 bits per heavy atom. The van der Waals surface area contributed by atoms with Crippen molar-refractivity contribution in [3.63, 3.8) is 0 Å². The molecule has 0 spiro atoms. The number of aryl methyl sites for hydroxylation is 1. The van der Waals surface area contributed by atoms with Crippen LogP contribution in [0.2, 0.25) is 0 Å². The van der Waals surface area contributed by atoms with Crippen LogP contribution in [0.3, 0.4) is 0 Å². The van der Waals surface area contributed by atoms with Gasteiger partial charge in [-0.05, 0) is 76.0 Å². The Labute approximate surface area is 190 Å². The van der Waals surface area contributed by atoms with Crippen molar-refractivity contribution < 1.29 is 9.47 Å². The average molecular weight is 446 g/mol. The molecule has 170 valence electrons. The molecule has 0 bridgehead atoms. The van der Waals surface area contributed by atoms with Gasteiger partial charge in [-0.2, -0.15) is 0 Å². The van der Waals surface area contributed by atoms with Crippen molar-refractivity contribution >= 4 is 18.2 Å². The molecular formula is C23H35N5O2S. The van der Waals surface area contributed by atoms with E-state index < -0.39 is 0 Å². The Hall–Kier alpha value is -1.90. The molecule has 2 aromatic rings. The van der Waals surface area contributed by atoms with E-state index in [1.807, 2.05) is 16.8 Å². The van der Waals surface area contributed by atoms with E-state index in [1.165, 1.54) is 24.8 Å². The van der Waals surface area contributed by atoms with E-state index >= 15 is 0 Å². The van der Waals surface area contributed by atoms with Crippen LogP contribution in [0.4, 0.5) is 5.95 Å². The molecule has 1 atom stereocenters. The molecule has 0 amide bonds. The lowest BCUT2D eigenvalue weighted by Gasteiger charge is -2.28. The van der Waals surface area contributed by atoms with E-state index in [9.17, 15) is 0 Å². The predicted octanol–water partition coefficient (Wildman–Crippen LogP) is 3.86. The Kier molecular flexibility index (Phi) is 7.63. The Balaban J connectivity index is 1.41. The van der Waals surface area contributed by atoms with Crippen molar-refractivity contribution in [2.45, 2.75) is 58.3 Å². The molecule has 3 heterocycles. The third-order valence-corrected chi connectivity index (χ3v) is 6.49. The normalized spacial score (nSPS) is 19.3. The van der Waals surface area contributed by atoms with Crippen LogP contribution < -0.4 is 9.64 Å². The van der Waals surface area contributed by atoms with Gasteiger partial charge >= 0.3 is 0 Å². The largest absolute Gasteiger partial charge is 0.492 e. The molecule has 7 nitrogen and oxygen atoms in total. The number of hydrogen-bond acceptors (Lipinski definition) is 6. The molecule has 0 N–H and O–H groups in total. The maximum absolute atomic E-state index is 5.91. The first kappa shape index (κ1) is 22.3. The van der Waals surface area contributed by atoms with E-state index in [-0.39, 0.29) is 6.10 Å². The molecule has 8 heteroatoms. The van der Waals surface area contributed by atoms with Gasteiger partial charge in [0, 0.05) is 26.2 Å². The van der Waals surface area contributed by atoms with Gasteiger partial charge in [-0.3, -0.25) is 9.47 Å². The number of benzene rings is 1. The third kappa shape index (κ3) is 5.87.